The van der Waals surface area contributed by atoms with Crippen molar-refractivity contribution in [2.75, 3.05) is 0 Å². The number of hydrogen-bond donors (Lipinski definition) is 1. The van der Waals surface area contributed by atoms with Crippen LogP contribution in [0.1, 0.15) is 23.1 Å². The van der Waals surface area contributed by atoms with Gasteiger partial charge < -0.3 is 5.73 Å². The summed E-state index contributed by atoms with van der Waals surface area (Å²) in [5, 5.41) is 8.72. The molecule has 0 saturated heterocycles. The normalized spacial score (nSPS) is 20.5. The highest BCUT2D eigenvalue weighted by atomic mass is 14.6. The van der Waals surface area contributed by atoms with Gasteiger partial charge in [0.2, 0.25) is 0 Å². The van der Waals surface area contributed by atoms with Crippen LogP contribution >= 0.6 is 0 Å². The van der Waals surface area contributed by atoms with Crippen molar-refractivity contribution in [2.24, 2.45) is 5.73 Å². The fourth-order valence-electron chi connectivity index (χ4n) is 1.85. The van der Waals surface area contributed by atoms with Crippen molar-refractivity contribution < 1.29 is 0 Å². The largest absolute Gasteiger partial charge is 0.327 e. The van der Waals surface area contributed by atoms with E-state index in [0.717, 1.165) is 24.8 Å². The molecule has 1 unspecified atom stereocenters. The second kappa shape index (κ2) is 3.20. The van der Waals surface area contributed by atoms with Gasteiger partial charge in [0.15, 0.2) is 0 Å². The molecular weight excluding hydrogens is 160 g/mol. The fraction of sp³-hybridized carbons (Fsp3) is 0.364. The van der Waals surface area contributed by atoms with Crippen LogP contribution in [0.2, 0.25) is 0 Å². The Morgan fingerprint density at radius 1 is 1.38 bits per heavy atom. The van der Waals surface area contributed by atoms with Crippen molar-refractivity contribution in [3.05, 3.63) is 34.9 Å². The van der Waals surface area contributed by atoms with Crippen molar-refractivity contribution in [1.29, 1.82) is 5.26 Å². The first-order chi connectivity index (χ1) is 6.29. The Hall–Kier alpha value is -1.33. The lowest BCUT2D eigenvalue weighted by Crippen LogP contribution is -2.27. The van der Waals surface area contributed by atoms with Crippen molar-refractivity contribution in [2.45, 2.75) is 25.3 Å². The minimum Gasteiger partial charge on any atom is -0.327 e. The van der Waals surface area contributed by atoms with Crippen molar-refractivity contribution in [1.82, 2.24) is 0 Å². The quantitative estimate of drug-likeness (QED) is 0.642. The zero-order chi connectivity index (χ0) is 9.26. The summed E-state index contributed by atoms with van der Waals surface area (Å²) < 4.78 is 0. The Balaban J connectivity index is 2.39. The van der Waals surface area contributed by atoms with E-state index >= 15 is 0 Å². The first-order valence-electron chi connectivity index (χ1n) is 4.57. The van der Waals surface area contributed by atoms with E-state index in [-0.39, 0.29) is 6.04 Å². The maximum absolute atomic E-state index is 8.72. The number of aryl methyl sites for hydroxylation is 1. The highest BCUT2D eigenvalue weighted by Crippen LogP contribution is 2.21. The zero-order valence-electron chi connectivity index (χ0n) is 7.46. The number of benzene rings is 1. The summed E-state index contributed by atoms with van der Waals surface area (Å²) in [5.41, 5.74) is 9.23. The summed E-state index contributed by atoms with van der Waals surface area (Å²) in [5.74, 6) is 0. The molecule has 2 nitrogen and oxygen atoms in total. The summed E-state index contributed by atoms with van der Waals surface area (Å²) in [6.07, 6.45) is 3.05. The van der Waals surface area contributed by atoms with Gasteiger partial charge in [0.05, 0.1) is 11.6 Å². The van der Waals surface area contributed by atoms with Gasteiger partial charge in [-0.3, -0.25) is 0 Å². The Morgan fingerprint density at radius 3 is 3.00 bits per heavy atom. The molecule has 2 N–H and O–H groups in total. The molecule has 2 heteroatoms. The molecule has 1 atom stereocenters. The SMILES string of the molecule is N#Cc1ccc2c(c1)CC(N)CC2. The van der Waals surface area contributed by atoms with Crippen LogP contribution in [0.4, 0.5) is 0 Å². The molecule has 1 aliphatic carbocycles. The van der Waals surface area contributed by atoms with Crippen molar-refractivity contribution in [3.8, 4) is 6.07 Å². The van der Waals surface area contributed by atoms with Crippen LogP contribution in [0, 0.1) is 11.3 Å². The monoisotopic (exact) mass is 172 g/mol. The van der Waals surface area contributed by atoms with Gasteiger partial charge in [-0.05, 0) is 42.5 Å². The van der Waals surface area contributed by atoms with Crippen LogP contribution in [0.5, 0.6) is 0 Å². The average molecular weight is 172 g/mol. The molecule has 66 valence electrons. The fourth-order valence-corrected chi connectivity index (χ4v) is 1.85. The van der Waals surface area contributed by atoms with E-state index in [0.29, 0.717) is 0 Å². The molecule has 0 heterocycles. The lowest BCUT2D eigenvalue weighted by atomic mass is 9.88. The third-order valence-corrected chi connectivity index (χ3v) is 2.60. The van der Waals surface area contributed by atoms with Crippen LogP contribution in [-0.4, -0.2) is 6.04 Å². The smallest absolute Gasteiger partial charge is 0.0991 e. The van der Waals surface area contributed by atoms with Crippen molar-refractivity contribution >= 4 is 0 Å². The molecule has 1 aromatic rings. The number of hydrogen-bond acceptors (Lipinski definition) is 2. The molecule has 0 radical (unpaired) electrons. The predicted octanol–water partition coefficient (Wildman–Crippen LogP) is 1.37. The van der Waals surface area contributed by atoms with Gasteiger partial charge in [-0.25, -0.2) is 0 Å². The summed E-state index contributed by atoms with van der Waals surface area (Å²) in [7, 11) is 0. The Kier molecular flexibility index (Phi) is 2.03. The Labute approximate surface area is 78.0 Å². The van der Waals surface area contributed by atoms with E-state index in [1.807, 2.05) is 12.1 Å². The van der Waals surface area contributed by atoms with Crippen molar-refractivity contribution in [3.63, 3.8) is 0 Å². The molecule has 0 spiro atoms. The maximum Gasteiger partial charge on any atom is 0.0991 e. The lowest BCUT2D eigenvalue weighted by molar-refractivity contribution is 0.576. The van der Waals surface area contributed by atoms with Gasteiger partial charge in [-0.1, -0.05) is 6.07 Å². The molecule has 0 bridgehead atoms. The molecule has 0 fully saturated rings. The molecule has 0 saturated carbocycles. The van der Waals surface area contributed by atoms with Crippen LogP contribution in [0.25, 0.3) is 0 Å². The van der Waals surface area contributed by atoms with Gasteiger partial charge in [0.25, 0.3) is 0 Å². The first kappa shape index (κ1) is 8.28. The molecule has 2 rings (SSSR count). The summed E-state index contributed by atoms with van der Waals surface area (Å²) >= 11 is 0. The zero-order valence-corrected chi connectivity index (χ0v) is 7.46. The number of rotatable bonds is 0. The molecule has 0 aromatic heterocycles. The number of nitrogens with zero attached hydrogens (tertiary/aromatic N) is 1. The molecule has 1 aromatic carbocycles. The standard InChI is InChI=1S/C11H12N2/c12-7-8-1-2-9-3-4-11(13)6-10(9)5-8/h1-2,5,11H,3-4,6,13H2. The molecule has 13 heavy (non-hydrogen) atoms. The third kappa shape index (κ3) is 1.56. The molecule has 0 amide bonds. The summed E-state index contributed by atoms with van der Waals surface area (Å²) in [4.78, 5) is 0. The van der Waals surface area contributed by atoms with E-state index in [1.54, 1.807) is 0 Å². The minimum absolute atomic E-state index is 0.279. The Morgan fingerprint density at radius 2 is 2.23 bits per heavy atom. The third-order valence-electron chi connectivity index (χ3n) is 2.60. The van der Waals surface area contributed by atoms with Gasteiger partial charge in [0.1, 0.15) is 0 Å². The van der Waals surface area contributed by atoms with Gasteiger partial charge >= 0.3 is 0 Å². The van der Waals surface area contributed by atoms with E-state index in [9.17, 15) is 0 Å². The number of nitriles is 1. The summed E-state index contributed by atoms with van der Waals surface area (Å²) in [6.45, 7) is 0. The second-order valence-corrected chi connectivity index (χ2v) is 3.60. The van der Waals surface area contributed by atoms with Crippen LogP contribution < -0.4 is 5.73 Å². The topological polar surface area (TPSA) is 49.8 Å². The van der Waals surface area contributed by atoms with Crippen LogP contribution in [0.15, 0.2) is 18.2 Å². The first-order valence-corrected chi connectivity index (χ1v) is 4.57. The summed E-state index contributed by atoms with van der Waals surface area (Å²) in [6, 6.07) is 8.34. The number of nitrogens with two attached hydrogens (primary N) is 1. The van der Waals surface area contributed by atoms with Crippen LogP contribution in [-0.2, 0) is 12.8 Å². The average Bonchev–Trinajstić information content (AvgIpc) is 2.16. The van der Waals surface area contributed by atoms with E-state index in [1.165, 1.54) is 11.1 Å². The lowest BCUT2D eigenvalue weighted by Gasteiger charge is -2.21. The van der Waals surface area contributed by atoms with Crippen LogP contribution in [0.3, 0.4) is 0 Å². The Bertz CT molecular complexity index is 363. The molecular formula is C11H12N2. The van der Waals surface area contributed by atoms with E-state index in [2.05, 4.69) is 12.1 Å². The highest BCUT2D eigenvalue weighted by molar-refractivity contribution is 5.39. The van der Waals surface area contributed by atoms with E-state index < -0.39 is 0 Å². The van der Waals surface area contributed by atoms with Gasteiger partial charge in [0, 0.05) is 6.04 Å². The molecule has 0 aliphatic heterocycles. The van der Waals surface area contributed by atoms with Gasteiger partial charge in [-0.2, -0.15) is 5.26 Å². The van der Waals surface area contributed by atoms with Gasteiger partial charge in [-0.15, -0.1) is 0 Å². The molecule has 1 aliphatic rings. The number of fused-ring (bicyclic) bond motifs is 1. The predicted molar refractivity (Wildman–Crippen MR) is 51.2 cm³/mol. The maximum atomic E-state index is 8.72. The second-order valence-electron chi connectivity index (χ2n) is 3.60. The highest BCUT2D eigenvalue weighted by Gasteiger charge is 2.15. The minimum atomic E-state index is 0.279. The van der Waals surface area contributed by atoms with E-state index in [4.69, 9.17) is 11.0 Å².